The highest BCUT2D eigenvalue weighted by Crippen LogP contribution is 2.34. The van der Waals surface area contributed by atoms with Crippen molar-refractivity contribution in [1.82, 2.24) is 0 Å². The minimum absolute atomic E-state index is 0.591. The van der Waals surface area contributed by atoms with Gasteiger partial charge >= 0.3 is 0 Å². The molecule has 0 aromatic heterocycles. The van der Waals surface area contributed by atoms with Gasteiger partial charge in [-0.25, -0.2) is 0 Å². The zero-order valence-electron chi connectivity index (χ0n) is 11.1. The lowest BCUT2D eigenvalue weighted by Crippen LogP contribution is -2.03. The van der Waals surface area contributed by atoms with Gasteiger partial charge in [-0.3, -0.25) is 0 Å². The van der Waals surface area contributed by atoms with E-state index < -0.39 is 6.10 Å². The predicted molar refractivity (Wildman–Crippen MR) is 85.4 cm³/mol. The van der Waals surface area contributed by atoms with Crippen LogP contribution in [0.15, 0.2) is 45.3 Å². The van der Waals surface area contributed by atoms with Crippen molar-refractivity contribution in [2.24, 2.45) is 0 Å². The van der Waals surface area contributed by atoms with E-state index in [9.17, 15) is 5.11 Å². The second kappa shape index (κ2) is 6.61. The van der Waals surface area contributed by atoms with Crippen LogP contribution >= 0.6 is 31.9 Å². The molecule has 0 spiro atoms. The molecule has 0 aliphatic heterocycles. The Morgan fingerprint density at radius 1 is 0.950 bits per heavy atom. The van der Waals surface area contributed by atoms with Gasteiger partial charge in [0.25, 0.3) is 0 Å². The van der Waals surface area contributed by atoms with Crippen molar-refractivity contribution < 1.29 is 14.6 Å². The van der Waals surface area contributed by atoms with Crippen LogP contribution in [0.25, 0.3) is 0 Å². The molecule has 1 unspecified atom stereocenters. The lowest BCUT2D eigenvalue weighted by molar-refractivity contribution is 0.214. The average molecular weight is 402 g/mol. The van der Waals surface area contributed by atoms with E-state index in [1.54, 1.807) is 32.4 Å². The number of hydrogen-bond donors (Lipinski definition) is 1. The number of halogens is 2. The molecular formula is C15H14Br2O3. The number of methoxy groups -OCH3 is 2. The third-order valence-corrected chi connectivity index (χ3v) is 3.85. The smallest absolute Gasteiger partial charge is 0.128 e. The summed E-state index contributed by atoms with van der Waals surface area (Å²) in [7, 11) is 3.16. The third kappa shape index (κ3) is 3.34. The van der Waals surface area contributed by atoms with Gasteiger partial charge in [0, 0.05) is 20.6 Å². The molecule has 0 bridgehead atoms. The zero-order valence-corrected chi connectivity index (χ0v) is 14.2. The van der Waals surface area contributed by atoms with Crippen LogP contribution in [0.2, 0.25) is 0 Å². The highest BCUT2D eigenvalue weighted by Gasteiger charge is 2.17. The maximum Gasteiger partial charge on any atom is 0.128 e. The monoisotopic (exact) mass is 400 g/mol. The molecule has 20 heavy (non-hydrogen) atoms. The van der Waals surface area contributed by atoms with E-state index in [-0.39, 0.29) is 0 Å². The molecule has 3 nitrogen and oxygen atoms in total. The highest BCUT2D eigenvalue weighted by molar-refractivity contribution is 9.11. The van der Waals surface area contributed by atoms with E-state index in [1.807, 2.05) is 18.2 Å². The Bertz CT molecular complexity index is 594. The summed E-state index contributed by atoms with van der Waals surface area (Å²) in [5, 5.41) is 10.6. The van der Waals surface area contributed by atoms with Crippen molar-refractivity contribution in [3.05, 3.63) is 56.5 Å². The summed E-state index contributed by atoms with van der Waals surface area (Å²) >= 11 is 6.84. The Morgan fingerprint density at radius 3 is 2.15 bits per heavy atom. The Balaban J connectivity index is 2.44. The molecule has 0 fully saturated rings. The maximum absolute atomic E-state index is 10.6. The number of aliphatic hydroxyl groups excluding tert-OH is 1. The van der Waals surface area contributed by atoms with Crippen molar-refractivity contribution in [2.45, 2.75) is 6.10 Å². The van der Waals surface area contributed by atoms with Crippen LogP contribution in [0, 0.1) is 0 Å². The number of benzene rings is 2. The topological polar surface area (TPSA) is 38.7 Å². The fourth-order valence-corrected chi connectivity index (χ4v) is 3.29. The summed E-state index contributed by atoms with van der Waals surface area (Å²) in [4.78, 5) is 0. The number of hydrogen-bond acceptors (Lipinski definition) is 3. The van der Waals surface area contributed by atoms with E-state index in [0.29, 0.717) is 17.1 Å². The summed E-state index contributed by atoms with van der Waals surface area (Å²) in [6.07, 6.45) is -0.773. The highest BCUT2D eigenvalue weighted by atomic mass is 79.9. The standard InChI is InChI=1S/C15H14Br2O3/c1-19-12-3-4-13(14(8-12)20-2)15(18)9-5-10(16)7-11(17)6-9/h3-8,15,18H,1-2H3. The van der Waals surface area contributed by atoms with Gasteiger partial charge in [0.2, 0.25) is 0 Å². The van der Waals surface area contributed by atoms with Crippen LogP contribution in [0.4, 0.5) is 0 Å². The fourth-order valence-electron chi connectivity index (χ4n) is 1.96. The summed E-state index contributed by atoms with van der Waals surface area (Å²) in [5.41, 5.74) is 1.47. The Labute approximate surface area is 134 Å². The molecule has 0 saturated heterocycles. The van der Waals surface area contributed by atoms with E-state index in [0.717, 1.165) is 14.5 Å². The van der Waals surface area contributed by atoms with Gasteiger partial charge in [-0.2, -0.15) is 0 Å². The first-order valence-electron chi connectivity index (χ1n) is 5.91. The molecular weight excluding hydrogens is 388 g/mol. The molecule has 0 aliphatic carbocycles. The first kappa shape index (κ1) is 15.4. The van der Waals surface area contributed by atoms with Crippen molar-refractivity contribution in [3.8, 4) is 11.5 Å². The lowest BCUT2D eigenvalue weighted by Gasteiger charge is -2.16. The summed E-state index contributed by atoms with van der Waals surface area (Å²) < 4.78 is 12.3. The van der Waals surface area contributed by atoms with Crippen LogP contribution in [-0.4, -0.2) is 19.3 Å². The van der Waals surface area contributed by atoms with Crippen molar-refractivity contribution in [1.29, 1.82) is 0 Å². The van der Waals surface area contributed by atoms with Crippen molar-refractivity contribution >= 4 is 31.9 Å². The van der Waals surface area contributed by atoms with Crippen LogP contribution < -0.4 is 9.47 Å². The van der Waals surface area contributed by atoms with Crippen LogP contribution in [0.1, 0.15) is 17.2 Å². The van der Waals surface area contributed by atoms with E-state index in [4.69, 9.17) is 9.47 Å². The van der Waals surface area contributed by atoms with Gasteiger partial charge in [0.05, 0.1) is 14.2 Å². The van der Waals surface area contributed by atoms with Crippen LogP contribution in [0.5, 0.6) is 11.5 Å². The van der Waals surface area contributed by atoms with E-state index in [2.05, 4.69) is 31.9 Å². The fraction of sp³-hybridized carbons (Fsp3) is 0.200. The molecule has 0 radical (unpaired) electrons. The number of rotatable bonds is 4. The molecule has 2 rings (SSSR count). The molecule has 0 aliphatic rings. The molecule has 0 heterocycles. The van der Waals surface area contributed by atoms with Gasteiger partial charge in [-0.15, -0.1) is 0 Å². The number of aliphatic hydroxyl groups is 1. The minimum Gasteiger partial charge on any atom is -0.497 e. The summed E-state index contributed by atoms with van der Waals surface area (Å²) in [5.74, 6) is 1.28. The molecule has 1 N–H and O–H groups in total. The molecule has 106 valence electrons. The predicted octanol–water partition coefficient (Wildman–Crippen LogP) is 4.31. The van der Waals surface area contributed by atoms with Gasteiger partial charge < -0.3 is 14.6 Å². The van der Waals surface area contributed by atoms with E-state index >= 15 is 0 Å². The van der Waals surface area contributed by atoms with Crippen molar-refractivity contribution in [2.75, 3.05) is 14.2 Å². The largest absolute Gasteiger partial charge is 0.497 e. The number of ether oxygens (including phenoxy) is 2. The van der Waals surface area contributed by atoms with Gasteiger partial charge in [-0.05, 0) is 35.9 Å². The minimum atomic E-state index is -0.773. The molecule has 5 heteroatoms. The van der Waals surface area contributed by atoms with Gasteiger partial charge in [0.1, 0.15) is 17.6 Å². The molecule has 0 amide bonds. The zero-order chi connectivity index (χ0) is 14.7. The van der Waals surface area contributed by atoms with Crippen LogP contribution in [0.3, 0.4) is 0 Å². The molecule has 1 atom stereocenters. The summed E-state index contributed by atoms with van der Waals surface area (Å²) in [6.45, 7) is 0. The molecule has 2 aromatic carbocycles. The van der Waals surface area contributed by atoms with Crippen molar-refractivity contribution in [3.63, 3.8) is 0 Å². The summed E-state index contributed by atoms with van der Waals surface area (Å²) in [6, 6.07) is 11.0. The van der Waals surface area contributed by atoms with E-state index in [1.165, 1.54) is 0 Å². The second-order valence-corrected chi connectivity index (χ2v) is 6.04. The Morgan fingerprint density at radius 2 is 1.60 bits per heavy atom. The average Bonchev–Trinajstić information content (AvgIpc) is 2.44. The SMILES string of the molecule is COc1ccc(C(O)c2cc(Br)cc(Br)c2)c(OC)c1. The quantitative estimate of drug-likeness (QED) is 0.829. The Hall–Kier alpha value is -1.04. The van der Waals surface area contributed by atoms with Crippen LogP contribution in [-0.2, 0) is 0 Å². The first-order chi connectivity index (χ1) is 9.55. The maximum atomic E-state index is 10.6. The molecule has 2 aromatic rings. The second-order valence-electron chi connectivity index (χ2n) is 4.21. The normalized spacial score (nSPS) is 12.1. The lowest BCUT2D eigenvalue weighted by atomic mass is 10.0. The first-order valence-corrected chi connectivity index (χ1v) is 7.49. The van der Waals surface area contributed by atoms with Gasteiger partial charge in [-0.1, -0.05) is 31.9 Å². The third-order valence-electron chi connectivity index (χ3n) is 2.94. The molecule has 0 saturated carbocycles. The van der Waals surface area contributed by atoms with Gasteiger partial charge in [0.15, 0.2) is 0 Å². The Kier molecular flexibility index (Phi) is 5.07.